The summed E-state index contributed by atoms with van der Waals surface area (Å²) in [7, 11) is 0. The SMILES string of the molecule is CC(=O)OCC1O[C@@]12CC[C@H]1[C@@H]3CCC4=CC(=O)C=C[C@]4(C)[C@H]3[C@@H](O)C[C@@]12C. The number of aliphatic hydroxyl groups excluding tert-OH is 1. The Balaban J connectivity index is 1.44. The van der Waals surface area contributed by atoms with E-state index in [9.17, 15) is 14.7 Å². The van der Waals surface area contributed by atoms with Crippen LogP contribution >= 0.6 is 0 Å². The Morgan fingerprint density at radius 3 is 2.89 bits per heavy atom. The molecule has 1 N–H and O–H groups in total. The molecule has 0 bridgehead atoms. The summed E-state index contributed by atoms with van der Waals surface area (Å²) in [5.41, 5.74) is 0.611. The topological polar surface area (TPSA) is 76.1 Å². The van der Waals surface area contributed by atoms with Gasteiger partial charge in [0.05, 0.1) is 6.10 Å². The largest absolute Gasteiger partial charge is 0.463 e. The summed E-state index contributed by atoms with van der Waals surface area (Å²) in [6, 6.07) is 0. The van der Waals surface area contributed by atoms with Gasteiger partial charge in [0.1, 0.15) is 18.3 Å². The molecule has 5 nitrogen and oxygen atoms in total. The van der Waals surface area contributed by atoms with E-state index in [0.717, 1.165) is 25.7 Å². The van der Waals surface area contributed by atoms with E-state index >= 15 is 0 Å². The Hall–Kier alpha value is -1.46. The van der Waals surface area contributed by atoms with Crippen LogP contribution in [-0.2, 0) is 19.1 Å². The fraction of sp³-hybridized carbons (Fsp3) is 0.739. The van der Waals surface area contributed by atoms with Crippen molar-refractivity contribution in [2.45, 2.75) is 70.7 Å². The van der Waals surface area contributed by atoms with E-state index < -0.39 is 6.10 Å². The second kappa shape index (κ2) is 5.79. The van der Waals surface area contributed by atoms with Crippen molar-refractivity contribution in [1.82, 2.24) is 0 Å². The normalized spacial score (nSPS) is 51.2. The van der Waals surface area contributed by atoms with Crippen molar-refractivity contribution in [3.63, 3.8) is 0 Å². The standard InChI is InChI=1S/C23H30O5/c1-13(24)27-12-19-23(28-19)9-7-17-16-5-4-14-10-15(25)6-8-21(14,2)20(16)18(26)11-22(17,23)3/h6,8,10,16-20,26H,4-5,7,9,11-12H2,1-3H3/t16-,17-,18-,19?,20+,21-,22-,23-/m0/s1. The lowest BCUT2D eigenvalue weighted by molar-refractivity contribution is -0.141. The van der Waals surface area contributed by atoms with Crippen LogP contribution in [0.15, 0.2) is 23.8 Å². The molecule has 1 saturated heterocycles. The van der Waals surface area contributed by atoms with Crippen LogP contribution in [0.5, 0.6) is 0 Å². The molecule has 0 radical (unpaired) electrons. The molecule has 0 amide bonds. The number of allylic oxidation sites excluding steroid dienone is 4. The zero-order valence-electron chi connectivity index (χ0n) is 16.9. The molecule has 8 atom stereocenters. The van der Waals surface area contributed by atoms with Gasteiger partial charge in [-0.05, 0) is 56.1 Å². The first kappa shape index (κ1) is 18.6. The molecule has 0 aromatic heterocycles. The molecular formula is C23H30O5. The average Bonchev–Trinajstić information content (AvgIpc) is 3.27. The Morgan fingerprint density at radius 2 is 2.14 bits per heavy atom. The minimum absolute atomic E-state index is 0.0445. The van der Waals surface area contributed by atoms with Crippen LogP contribution in [0.25, 0.3) is 0 Å². The number of hydrogen-bond donors (Lipinski definition) is 1. The number of epoxide rings is 1. The fourth-order valence-electron chi connectivity index (χ4n) is 7.65. The highest BCUT2D eigenvalue weighted by molar-refractivity contribution is 6.01. The molecule has 4 fully saturated rings. The summed E-state index contributed by atoms with van der Waals surface area (Å²) in [5.74, 6) is 0.864. The minimum Gasteiger partial charge on any atom is -0.463 e. The van der Waals surface area contributed by atoms with Gasteiger partial charge in [0.25, 0.3) is 0 Å². The van der Waals surface area contributed by atoms with Crippen molar-refractivity contribution in [2.75, 3.05) is 6.61 Å². The number of carbonyl (C=O) groups excluding carboxylic acids is 2. The summed E-state index contributed by atoms with van der Waals surface area (Å²) in [4.78, 5) is 23.1. The number of carbonyl (C=O) groups is 2. The lowest BCUT2D eigenvalue weighted by atomic mass is 9.46. The quantitative estimate of drug-likeness (QED) is 0.583. The van der Waals surface area contributed by atoms with E-state index in [2.05, 4.69) is 19.9 Å². The molecule has 1 spiro atoms. The van der Waals surface area contributed by atoms with Gasteiger partial charge >= 0.3 is 5.97 Å². The van der Waals surface area contributed by atoms with Crippen molar-refractivity contribution >= 4 is 11.8 Å². The summed E-state index contributed by atoms with van der Waals surface area (Å²) < 4.78 is 11.4. The van der Waals surface area contributed by atoms with Gasteiger partial charge in [0, 0.05) is 23.7 Å². The Labute approximate surface area is 166 Å². The highest BCUT2D eigenvalue weighted by Crippen LogP contribution is 2.72. The molecule has 4 aliphatic carbocycles. The maximum Gasteiger partial charge on any atom is 0.302 e. The zero-order valence-corrected chi connectivity index (χ0v) is 16.9. The van der Waals surface area contributed by atoms with Gasteiger partial charge in [-0.25, -0.2) is 0 Å². The molecule has 152 valence electrons. The molecule has 0 aromatic carbocycles. The van der Waals surface area contributed by atoms with E-state index in [4.69, 9.17) is 9.47 Å². The molecule has 1 heterocycles. The van der Waals surface area contributed by atoms with E-state index in [1.54, 1.807) is 12.2 Å². The highest BCUT2D eigenvalue weighted by atomic mass is 16.6. The third-order valence-electron chi connectivity index (χ3n) is 8.93. The number of fused-ring (bicyclic) bond motifs is 6. The van der Waals surface area contributed by atoms with Gasteiger partial charge in [0.2, 0.25) is 0 Å². The van der Waals surface area contributed by atoms with E-state index in [1.165, 1.54) is 12.5 Å². The number of esters is 1. The molecule has 5 rings (SSSR count). The summed E-state index contributed by atoms with van der Waals surface area (Å²) >= 11 is 0. The lowest BCUT2D eigenvalue weighted by Crippen LogP contribution is -2.57. The molecule has 1 unspecified atom stereocenters. The predicted octanol–water partition coefficient (Wildman–Crippen LogP) is 2.97. The third-order valence-corrected chi connectivity index (χ3v) is 8.93. The monoisotopic (exact) mass is 386 g/mol. The third kappa shape index (κ3) is 2.26. The average molecular weight is 386 g/mol. The van der Waals surface area contributed by atoms with E-state index in [1.807, 2.05) is 0 Å². The number of hydrogen-bond acceptors (Lipinski definition) is 5. The van der Waals surface area contributed by atoms with Crippen LogP contribution in [0.2, 0.25) is 0 Å². The molecule has 5 aliphatic rings. The molecule has 3 saturated carbocycles. The first-order chi connectivity index (χ1) is 13.2. The lowest BCUT2D eigenvalue weighted by Gasteiger charge is -2.58. The smallest absolute Gasteiger partial charge is 0.302 e. The predicted molar refractivity (Wildman–Crippen MR) is 102 cm³/mol. The van der Waals surface area contributed by atoms with E-state index in [0.29, 0.717) is 24.9 Å². The van der Waals surface area contributed by atoms with Gasteiger partial charge in [0.15, 0.2) is 5.78 Å². The number of rotatable bonds is 2. The van der Waals surface area contributed by atoms with Crippen molar-refractivity contribution in [2.24, 2.45) is 28.6 Å². The summed E-state index contributed by atoms with van der Waals surface area (Å²) in [5, 5.41) is 11.4. The van der Waals surface area contributed by atoms with Crippen molar-refractivity contribution in [1.29, 1.82) is 0 Å². The molecule has 5 heteroatoms. The first-order valence-electron chi connectivity index (χ1n) is 10.6. The first-order valence-corrected chi connectivity index (χ1v) is 10.6. The Morgan fingerprint density at radius 1 is 1.36 bits per heavy atom. The fourth-order valence-corrected chi connectivity index (χ4v) is 7.65. The van der Waals surface area contributed by atoms with Crippen molar-refractivity contribution < 1.29 is 24.2 Å². The molecule has 1 aliphatic heterocycles. The van der Waals surface area contributed by atoms with E-state index in [-0.39, 0.29) is 40.2 Å². The van der Waals surface area contributed by atoms with Crippen LogP contribution < -0.4 is 0 Å². The van der Waals surface area contributed by atoms with Crippen LogP contribution in [0.3, 0.4) is 0 Å². The van der Waals surface area contributed by atoms with Crippen molar-refractivity contribution in [3.8, 4) is 0 Å². The van der Waals surface area contributed by atoms with Gasteiger partial charge in [-0.15, -0.1) is 0 Å². The highest BCUT2D eigenvalue weighted by Gasteiger charge is 2.75. The Kier molecular flexibility index (Phi) is 3.84. The Bertz CT molecular complexity index is 799. The van der Waals surface area contributed by atoms with Gasteiger partial charge in [-0.1, -0.05) is 25.5 Å². The molecular weight excluding hydrogens is 356 g/mol. The number of ether oxygens (including phenoxy) is 2. The second-order valence-corrected chi connectivity index (χ2v) is 10.0. The second-order valence-electron chi connectivity index (χ2n) is 10.0. The number of aliphatic hydroxyl groups is 1. The number of ketones is 1. The van der Waals surface area contributed by atoms with Crippen LogP contribution in [0.1, 0.15) is 52.9 Å². The molecule has 0 aromatic rings. The van der Waals surface area contributed by atoms with Gasteiger partial charge < -0.3 is 14.6 Å². The zero-order chi connectivity index (χ0) is 19.9. The maximum atomic E-state index is 11.9. The van der Waals surface area contributed by atoms with Gasteiger partial charge in [-0.3, -0.25) is 9.59 Å². The minimum atomic E-state index is -0.425. The summed E-state index contributed by atoms with van der Waals surface area (Å²) in [6.07, 6.45) is 9.79. The molecule has 28 heavy (non-hydrogen) atoms. The van der Waals surface area contributed by atoms with Gasteiger partial charge in [-0.2, -0.15) is 0 Å². The summed E-state index contributed by atoms with van der Waals surface area (Å²) in [6.45, 7) is 6.23. The van der Waals surface area contributed by atoms with Crippen LogP contribution in [-0.4, -0.2) is 41.3 Å². The van der Waals surface area contributed by atoms with Crippen LogP contribution in [0.4, 0.5) is 0 Å². The maximum absolute atomic E-state index is 11.9. The van der Waals surface area contributed by atoms with Crippen molar-refractivity contribution in [3.05, 3.63) is 23.8 Å². The van der Waals surface area contributed by atoms with Crippen LogP contribution in [0, 0.1) is 28.6 Å².